The molecule has 4 aromatic carbocycles. The lowest BCUT2D eigenvalue weighted by Crippen LogP contribution is -2.32. The highest BCUT2D eigenvalue weighted by atomic mass is 16.4. The quantitative estimate of drug-likeness (QED) is 0.101. The number of carbonyl (C=O) groups is 2. The highest BCUT2D eigenvalue weighted by Gasteiger charge is 2.29. The van der Waals surface area contributed by atoms with Crippen LogP contribution in [0.1, 0.15) is 87.7 Å². The third kappa shape index (κ3) is 6.70. The predicted molar refractivity (Wildman–Crippen MR) is 238 cm³/mol. The van der Waals surface area contributed by atoms with Crippen LogP contribution in [0.15, 0.2) is 133 Å². The molecule has 0 fully saturated rings. The van der Waals surface area contributed by atoms with Gasteiger partial charge in [0.15, 0.2) is 0 Å². The normalized spacial score (nSPS) is 21.2. The number of nitrogens with one attached hydrogen (secondary N) is 4. The minimum atomic E-state index is -0.972. The Balaban J connectivity index is 1.37. The minimum Gasteiger partial charge on any atom is -0.478 e. The Bertz CT molecular complexity index is 3000. The topological polar surface area (TPSA) is 130 Å². The number of benzene rings is 4. The average Bonchev–Trinajstić information content (AvgIpc) is 4.04. The summed E-state index contributed by atoms with van der Waals surface area (Å²) in [6.45, 7) is 12.9. The summed E-state index contributed by atoms with van der Waals surface area (Å²) in [4.78, 5) is 31.6. The van der Waals surface area contributed by atoms with E-state index < -0.39 is 11.9 Å². The number of aryl methyl sites for hydroxylation is 6. The van der Waals surface area contributed by atoms with Crippen molar-refractivity contribution in [3.05, 3.63) is 222 Å². The van der Waals surface area contributed by atoms with Crippen LogP contribution in [0.3, 0.4) is 0 Å². The molecule has 8 nitrogen and oxygen atoms in total. The van der Waals surface area contributed by atoms with E-state index >= 15 is 0 Å². The fraction of sp³-hybridized carbons (Fsp3) is 0.154. The van der Waals surface area contributed by atoms with Crippen molar-refractivity contribution in [1.29, 1.82) is 0 Å². The zero-order valence-electron chi connectivity index (χ0n) is 34.4. The Morgan fingerprint density at radius 1 is 0.483 bits per heavy atom. The second kappa shape index (κ2) is 14.8. The Labute approximate surface area is 348 Å². The molecule has 5 heterocycles. The maximum absolute atomic E-state index is 11.9. The number of carboxylic acids is 2. The molecular weight excluding hydrogens is 745 g/mol. The fourth-order valence-corrected chi connectivity index (χ4v) is 9.54. The molecule has 0 radical (unpaired) electrons. The second-order valence-corrected chi connectivity index (χ2v) is 16.3. The number of hydrogen-bond donors (Lipinski definition) is 6. The fourth-order valence-electron chi connectivity index (χ4n) is 9.54. The summed E-state index contributed by atoms with van der Waals surface area (Å²) in [5.74, 6) is -1.94. The molecule has 2 atom stereocenters. The van der Waals surface area contributed by atoms with E-state index in [1.807, 2.05) is 24.3 Å². The van der Waals surface area contributed by atoms with E-state index in [4.69, 9.17) is 0 Å². The van der Waals surface area contributed by atoms with E-state index in [0.717, 1.165) is 100 Å². The lowest BCUT2D eigenvalue weighted by atomic mass is 9.89. The summed E-state index contributed by atoms with van der Waals surface area (Å²) in [6.07, 6.45) is 8.67. The lowest BCUT2D eigenvalue weighted by Gasteiger charge is -2.22. The van der Waals surface area contributed by atoms with Crippen molar-refractivity contribution >= 4 is 34.2 Å². The van der Waals surface area contributed by atoms with Crippen LogP contribution in [0.4, 0.5) is 0 Å². The lowest BCUT2D eigenvalue weighted by molar-refractivity contribution is 0.0686. The molecular formula is C52H46N4O4. The van der Waals surface area contributed by atoms with E-state index in [1.54, 1.807) is 24.3 Å². The molecule has 2 unspecified atom stereocenters. The van der Waals surface area contributed by atoms with Gasteiger partial charge in [-0.1, -0.05) is 71.8 Å². The zero-order valence-corrected chi connectivity index (χ0v) is 34.4. The third-order valence-corrected chi connectivity index (χ3v) is 11.9. The third-order valence-electron chi connectivity index (χ3n) is 11.9. The van der Waals surface area contributed by atoms with Crippen LogP contribution in [0, 0.1) is 41.5 Å². The van der Waals surface area contributed by atoms with Crippen LogP contribution < -0.4 is 21.3 Å². The molecule has 60 heavy (non-hydrogen) atoms. The second-order valence-electron chi connectivity index (χ2n) is 16.3. The molecule has 3 aliphatic rings. The summed E-state index contributed by atoms with van der Waals surface area (Å²) < 4.78 is 0. The molecule has 0 saturated heterocycles. The summed E-state index contributed by atoms with van der Waals surface area (Å²) in [6, 6.07) is 31.1. The summed E-state index contributed by atoms with van der Waals surface area (Å²) in [5, 5.41) is 29.2. The predicted octanol–water partition coefficient (Wildman–Crippen LogP) is 8.28. The van der Waals surface area contributed by atoms with Crippen LogP contribution in [0.5, 0.6) is 0 Å². The maximum Gasteiger partial charge on any atom is 0.335 e. The highest BCUT2D eigenvalue weighted by molar-refractivity contribution is 5.92. The molecule has 9 rings (SSSR count). The first-order valence-corrected chi connectivity index (χ1v) is 20.2. The minimum absolute atomic E-state index is 0.223. The number of H-pyrrole nitrogens is 2. The Kier molecular flexibility index (Phi) is 9.43. The molecule has 6 N–H and O–H groups in total. The first-order chi connectivity index (χ1) is 28.8. The van der Waals surface area contributed by atoms with Gasteiger partial charge in [0.2, 0.25) is 0 Å². The zero-order chi connectivity index (χ0) is 42.0. The smallest absolute Gasteiger partial charge is 0.335 e. The van der Waals surface area contributed by atoms with Gasteiger partial charge in [0.25, 0.3) is 0 Å². The van der Waals surface area contributed by atoms with E-state index in [0.29, 0.717) is 0 Å². The molecule has 2 aromatic heterocycles. The van der Waals surface area contributed by atoms with E-state index in [9.17, 15) is 19.8 Å². The first kappa shape index (κ1) is 38.2. The molecule has 0 aliphatic carbocycles. The standard InChI is InChI=1S/C52H46N4O4/c1-27-23-29(3)45(30(4)24-27)49-41-19-15-37(53-41)47(33-7-11-35(12-8-33)51(57)58)39-17-21-43(55-39)50(46-31(5)25-28(2)26-32(46)6)44-22-18-40(56-44)48(38-16-20-42(49)54-38)34-9-13-36(14-10-34)52(59)60/h7-26,37,44,53-56H,1-6H3,(H,57,58)(H,59,60)/b47-39-,48-40-,49-41+,50-43+. The van der Waals surface area contributed by atoms with Gasteiger partial charge < -0.3 is 30.8 Å². The van der Waals surface area contributed by atoms with Crippen LogP contribution in [0.25, 0.3) is 22.3 Å². The van der Waals surface area contributed by atoms with E-state index in [2.05, 4.69) is 135 Å². The molecule has 0 saturated carbocycles. The van der Waals surface area contributed by atoms with Gasteiger partial charge in [-0.05, 0) is 147 Å². The summed E-state index contributed by atoms with van der Waals surface area (Å²) in [5.41, 5.74) is 19.2. The molecule has 0 amide bonds. The Morgan fingerprint density at radius 3 is 1.43 bits per heavy atom. The van der Waals surface area contributed by atoms with Crippen molar-refractivity contribution in [3.8, 4) is 0 Å². The molecule has 6 aromatic rings. The number of carboxylic acid groups (broad SMARTS) is 2. The van der Waals surface area contributed by atoms with Crippen LogP contribution >= 0.6 is 0 Å². The number of hydrogen-bond acceptors (Lipinski definition) is 4. The van der Waals surface area contributed by atoms with Crippen LogP contribution in [0.2, 0.25) is 0 Å². The maximum atomic E-state index is 11.9. The summed E-state index contributed by atoms with van der Waals surface area (Å²) in [7, 11) is 0. The van der Waals surface area contributed by atoms with Gasteiger partial charge in [-0.2, -0.15) is 0 Å². The Morgan fingerprint density at radius 2 is 0.917 bits per heavy atom. The molecule has 0 spiro atoms. The molecule has 8 heteroatoms. The Hall–Kier alpha value is -7.32. The van der Waals surface area contributed by atoms with Crippen molar-refractivity contribution in [2.75, 3.05) is 0 Å². The van der Waals surface area contributed by atoms with Gasteiger partial charge in [0, 0.05) is 55.8 Å². The van der Waals surface area contributed by atoms with Crippen molar-refractivity contribution in [2.45, 2.75) is 53.6 Å². The molecule has 298 valence electrons. The van der Waals surface area contributed by atoms with Crippen molar-refractivity contribution in [1.82, 2.24) is 20.6 Å². The number of aromatic nitrogens is 2. The first-order valence-electron chi connectivity index (χ1n) is 20.2. The van der Waals surface area contributed by atoms with Gasteiger partial charge in [-0.15, -0.1) is 0 Å². The number of fused-ring (bicyclic) bond motifs is 8. The molecule has 8 bridgehead atoms. The highest BCUT2D eigenvalue weighted by Crippen LogP contribution is 2.38. The number of allylic oxidation sites excluding steroid dienone is 2. The summed E-state index contributed by atoms with van der Waals surface area (Å²) >= 11 is 0. The van der Waals surface area contributed by atoms with Gasteiger partial charge in [0.05, 0.1) is 23.2 Å². The number of aromatic carboxylic acids is 2. The van der Waals surface area contributed by atoms with Crippen molar-refractivity contribution < 1.29 is 19.8 Å². The van der Waals surface area contributed by atoms with Gasteiger partial charge in [0.1, 0.15) is 0 Å². The van der Waals surface area contributed by atoms with Crippen molar-refractivity contribution in [2.24, 2.45) is 0 Å². The number of aromatic amines is 2. The van der Waals surface area contributed by atoms with Crippen molar-refractivity contribution in [3.63, 3.8) is 0 Å². The van der Waals surface area contributed by atoms with Crippen LogP contribution in [-0.2, 0) is 0 Å². The largest absolute Gasteiger partial charge is 0.478 e. The van der Waals surface area contributed by atoms with Gasteiger partial charge in [-0.3, -0.25) is 0 Å². The SMILES string of the molecule is Cc1cc(C)c(/C2=C3\C=CC(N3)/C(c3ccc(C(=O)O)cc3)=c3/cc/c([nH]3)=C(\c3c(C)cc(C)cc3C)C3C=C/C(=C(\c4ccc(C(=O)O)cc4)c4ccc2[nH]4)N3)c(C)c1. The van der Waals surface area contributed by atoms with Crippen LogP contribution in [-0.4, -0.2) is 44.2 Å². The van der Waals surface area contributed by atoms with Gasteiger partial charge in [-0.25, -0.2) is 9.59 Å². The number of rotatable bonds is 6. The monoisotopic (exact) mass is 790 g/mol. The van der Waals surface area contributed by atoms with Gasteiger partial charge >= 0.3 is 11.9 Å². The average molecular weight is 791 g/mol. The molecule has 3 aliphatic heterocycles. The van der Waals surface area contributed by atoms with E-state index in [-0.39, 0.29) is 23.2 Å². The van der Waals surface area contributed by atoms with E-state index in [1.165, 1.54) is 11.1 Å².